The van der Waals surface area contributed by atoms with Gasteiger partial charge in [0.25, 0.3) is 0 Å². The van der Waals surface area contributed by atoms with Crippen LogP contribution in [0.3, 0.4) is 0 Å². The molecule has 1 aliphatic carbocycles. The lowest BCUT2D eigenvalue weighted by atomic mass is 9.86. The number of hydrogen-bond donors (Lipinski definition) is 0. The Balaban J connectivity index is 2.07. The number of benzene rings is 2. The topological polar surface area (TPSA) is 4.93 Å². The highest BCUT2D eigenvalue weighted by atomic mass is 15.0. The predicted octanol–water partition coefficient (Wildman–Crippen LogP) is 4.26. The molecular formula is C22H23N. The number of para-hydroxylation sites is 2. The Hall–Kier alpha value is -2.28. The molecule has 1 nitrogen and oxygen atoms in total. The van der Waals surface area contributed by atoms with E-state index in [0.29, 0.717) is 5.92 Å². The van der Waals surface area contributed by atoms with Gasteiger partial charge < -0.3 is 4.57 Å². The van der Waals surface area contributed by atoms with E-state index in [0.717, 1.165) is 12.3 Å². The van der Waals surface area contributed by atoms with Gasteiger partial charge in [0.2, 0.25) is 0 Å². The molecule has 1 heterocycles. The highest BCUT2D eigenvalue weighted by Crippen LogP contribution is 2.24. The van der Waals surface area contributed by atoms with Crippen molar-refractivity contribution in [3.8, 4) is 5.69 Å². The minimum atomic E-state index is 0.638. The van der Waals surface area contributed by atoms with Crippen molar-refractivity contribution in [1.82, 2.24) is 4.57 Å². The van der Waals surface area contributed by atoms with Gasteiger partial charge in [-0.2, -0.15) is 0 Å². The number of fused-ring (bicyclic) bond motifs is 3. The van der Waals surface area contributed by atoms with Gasteiger partial charge in [0.05, 0.1) is 10.9 Å². The van der Waals surface area contributed by atoms with Crippen LogP contribution in [-0.4, -0.2) is 4.57 Å². The molecule has 0 radical (unpaired) electrons. The molecule has 2 unspecified atom stereocenters. The van der Waals surface area contributed by atoms with E-state index >= 15 is 0 Å². The molecule has 0 bridgehead atoms. The van der Waals surface area contributed by atoms with Crippen molar-refractivity contribution in [2.75, 3.05) is 0 Å². The summed E-state index contributed by atoms with van der Waals surface area (Å²) in [5.41, 5.74) is 2.56. The molecule has 0 fully saturated rings. The molecule has 4 rings (SSSR count). The van der Waals surface area contributed by atoms with Gasteiger partial charge in [-0.25, -0.2) is 0 Å². The zero-order valence-electron chi connectivity index (χ0n) is 13.9. The summed E-state index contributed by atoms with van der Waals surface area (Å²) in [6.07, 6.45) is 7.35. The Labute approximate surface area is 137 Å². The molecule has 1 aromatic heterocycles. The summed E-state index contributed by atoms with van der Waals surface area (Å²) in [4.78, 5) is 0. The number of nitrogens with zero attached hydrogens (tertiary/aromatic N) is 1. The largest absolute Gasteiger partial charge is 0.310 e. The van der Waals surface area contributed by atoms with Gasteiger partial charge in [-0.3, -0.25) is 0 Å². The number of hydrogen-bond acceptors (Lipinski definition) is 0. The average Bonchev–Trinajstić information content (AvgIpc) is 2.95. The molecule has 2 atom stereocenters. The fourth-order valence-electron chi connectivity index (χ4n) is 3.74. The highest BCUT2D eigenvalue weighted by molar-refractivity contribution is 5.84. The van der Waals surface area contributed by atoms with Gasteiger partial charge in [0.1, 0.15) is 0 Å². The Bertz CT molecular complexity index is 947. The van der Waals surface area contributed by atoms with E-state index in [1.807, 2.05) is 0 Å². The summed E-state index contributed by atoms with van der Waals surface area (Å²) in [6.45, 7) is 4.66. The lowest BCUT2D eigenvalue weighted by Crippen LogP contribution is -2.33. The summed E-state index contributed by atoms with van der Waals surface area (Å²) >= 11 is 0. The van der Waals surface area contributed by atoms with Gasteiger partial charge in [-0.1, -0.05) is 68.8 Å². The molecule has 1 heteroatoms. The van der Waals surface area contributed by atoms with Crippen molar-refractivity contribution in [1.29, 1.82) is 0 Å². The van der Waals surface area contributed by atoms with Crippen molar-refractivity contribution >= 4 is 23.1 Å². The zero-order valence-corrected chi connectivity index (χ0v) is 13.9. The smallest absolute Gasteiger partial charge is 0.0540 e. The Kier molecular flexibility index (Phi) is 3.57. The third-order valence-electron chi connectivity index (χ3n) is 5.31. The third-order valence-corrected chi connectivity index (χ3v) is 5.31. The monoisotopic (exact) mass is 301 g/mol. The lowest BCUT2D eigenvalue weighted by molar-refractivity contribution is 0.443. The van der Waals surface area contributed by atoms with Crippen molar-refractivity contribution < 1.29 is 0 Å². The minimum absolute atomic E-state index is 0.638. The molecule has 0 N–H and O–H groups in total. The second-order valence-electron chi connectivity index (χ2n) is 6.64. The normalized spacial score (nSPS) is 18.1. The van der Waals surface area contributed by atoms with Crippen LogP contribution < -0.4 is 10.6 Å². The van der Waals surface area contributed by atoms with Gasteiger partial charge in [-0.15, -0.1) is 0 Å². The fourth-order valence-corrected chi connectivity index (χ4v) is 3.74. The van der Waals surface area contributed by atoms with Crippen LogP contribution in [0, 0.1) is 11.8 Å². The van der Waals surface area contributed by atoms with Gasteiger partial charge in [0.15, 0.2) is 0 Å². The molecule has 0 saturated carbocycles. The van der Waals surface area contributed by atoms with E-state index in [9.17, 15) is 0 Å². The first-order valence-corrected chi connectivity index (χ1v) is 8.66. The Morgan fingerprint density at radius 1 is 1.04 bits per heavy atom. The van der Waals surface area contributed by atoms with Crippen molar-refractivity contribution in [2.24, 2.45) is 11.8 Å². The van der Waals surface area contributed by atoms with E-state index < -0.39 is 0 Å². The van der Waals surface area contributed by atoms with Crippen LogP contribution in [-0.2, 0) is 0 Å². The maximum atomic E-state index is 2.51. The van der Waals surface area contributed by atoms with Crippen LogP contribution in [0.4, 0.5) is 0 Å². The first kappa shape index (κ1) is 14.3. The van der Waals surface area contributed by atoms with Crippen molar-refractivity contribution in [3.63, 3.8) is 0 Å². The first-order valence-electron chi connectivity index (χ1n) is 8.66. The molecule has 1 aliphatic rings. The number of rotatable bonds is 3. The average molecular weight is 301 g/mol. The van der Waals surface area contributed by atoms with Gasteiger partial charge in [0, 0.05) is 16.3 Å². The standard InChI is InChI=1S/C22H23N/c1-3-16(2)17-13-14-20-19-11-7-8-12-21(19)23(22(20)15-17)18-9-5-4-6-10-18/h4-12,14-17H,3,13H2,1-2H3. The van der Waals surface area contributed by atoms with Crippen molar-refractivity contribution in [2.45, 2.75) is 26.7 Å². The summed E-state index contributed by atoms with van der Waals surface area (Å²) < 4.78 is 2.43. The van der Waals surface area contributed by atoms with E-state index in [1.54, 1.807) is 0 Å². The second-order valence-corrected chi connectivity index (χ2v) is 6.64. The van der Waals surface area contributed by atoms with Crippen LogP contribution >= 0.6 is 0 Å². The minimum Gasteiger partial charge on any atom is -0.310 e. The van der Waals surface area contributed by atoms with Gasteiger partial charge in [-0.05, 0) is 36.5 Å². The second kappa shape index (κ2) is 5.73. The Morgan fingerprint density at radius 2 is 1.78 bits per heavy atom. The van der Waals surface area contributed by atoms with E-state index in [2.05, 4.69) is 85.2 Å². The maximum Gasteiger partial charge on any atom is 0.0540 e. The van der Waals surface area contributed by atoms with Crippen LogP contribution in [0.1, 0.15) is 26.7 Å². The van der Waals surface area contributed by atoms with Crippen LogP contribution in [0.5, 0.6) is 0 Å². The fraction of sp³-hybridized carbons (Fsp3) is 0.273. The molecule has 23 heavy (non-hydrogen) atoms. The summed E-state index contributed by atoms with van der Waals surface area (Å²) in [7, 11) is 0. The molecule has 116 valence electrons. The number of aromatic nitrogens is 1. The molecule has 0 saturated heterocycles. The molecule has 0 aliphatic heterocycles. The molecule has 0 spiro atoms. The van der Waals surface area contributed by atoms with Crippen LogP contribution in [0.15, 0.2) is 54.6 Å². The zero-order chi connectivity index (χ0) is 15.8. The third kappa shape index (κ3) is 2.31. The molecule has 0 amide bonds. The lowest BCUT2D eigenvalue weighted by Gasteiger charge is -2.20. The van der Waals surface area contributed by atoms with Crippen molar-refractivity contribution in [3.05, 3.63) is 65.2 Å². The Morgan fingerprint density at radius 3 is 2.57 bits per heavy atom. The summed E-state index contributed by atoms with van der Waals surface area (Å²) in [5, 5.41) is 4.14. The first-order chi connectivity index (χ1) is 11.3. The molecule has 2 aromatic carbocycles. The van der Waals surface area contributed by atoms with E-state index in [4.69, 9.17) is 0 Å². The van der Waals surface area contributed by atoms with Crippen LogP contribution in [0.25, 0.3) is 28.7 Å². The quantitative estimate of drug-likeness (QED) is 0.681. The summed E-state index contributed by atoms with van der Waals surface area (Å²) in [6, 6.07) is 19.5. The maximum absolute atomic E-state index is 2.51. The van der Waals surface area contributed by atoms with E-state index in [1.165, 1.54) is 33.6 Å². The predicted molar refractivity (Wildman–Crippen MR) is 99.0 cm³/mol. The highest BCUT2D eigenvalue weighted by Gasteiger charge is 2.18. The van der Waals surface area contributed by atoms with Crippen LogP contribution in [0.2, 0.25) is 0 Å². The molecule has 3 aromatic rings. The molecular weight excluding hydrogens is 278 g/mol. The SMILES string of the molecule is CCC(C)C1C=c2c(c3ccccc3n2-c2ccccc2)=CC1. The van der Waals surface area contributed by atoms with E-state index in [-0.39, 0.29) is 0 Å². The van der Waals surface area contributed by atoms with Gasteiger partial charge >= 0.3 is 0 Å². The summed E-state index contributed by atoms with van der Waals surface area (Å²) in [5.74, 6) is 1.36.